The molecule has 0 spiro atoms. The van der Waals surface area contributed by atoms with E-state index in [1.54, 1.807) is 4.90 Å². The number of nitrogens with two attached hydrogens (primary N) is 1. The Morgan fingerprint density at radius 1 is 1.25 bits per heavy atom. The molecule has 2 N–H and O–H groups in total. The largest absolute Gasteiger partial charge is 0.330 e. The fourth-order valence-electron chi connectivity index (χ4n) is 1.87. The zero-order valence-corrected chi connectivity index (χ0v) is 10.3. The van der Waals surface area contributed by atoms with Crippen LogP contribution in [-0.4, -0.2) is 19.0 Å². The highest BCUT2D eigenvalue weighted by atomic mass is 16.2. The smallest absolute Gasteiger partial charge is 0.228 e. The van der Waals surface area contributed by atoms with Gasteiger partial charge in [0, 0.05) is 25.2 Å². The summed E-state index contributed by atoms with van der Waals surface area (Å²) in [4.78, 5) is 13.6. The Kier molecular flexibility index (Phi) is 4.50. The van der Waals surface area contributed by atoms with E-state index in [9.17, 15) is 4.79 Å². The van der Waals surface area contributed by atoms with Crippen LogP contribution < -0.4 is 10.6 Å². The molecule has 0 heterocycles. The van der Waals surface area contributed by atoms with Gasteiger partial charge in [0.05, 0.1) is 0 Å². The predicted molar refractivity (Wildman–Crippen MR) is 67.6 cm³/mol. The molecule has 0 aliphatic carbocycles. The molecule has 88 valence electrons. The maximum Gasteiger partial charge on any atom is 0.228 e. The second kappa shape index (κ2) is 5.66. The summed E-state index contributed by atoms with van der Waals surface area (Å²) in [5, 5.41) is 0. The van der Waals surface area contributed by atoms with Gasteiger partial charge in [-0.3, -0.25) is 4.79 Å². The molecule has 0 atom stereocenters. The summed E-state index contributed by atoms with van der Waals surface area (Å²) in [6.45, 7) is 7.14. The first-order valence-corrected chi connectivity index (χ1v) is 5.67. The van der Waals surface area contributed by atoms with Crippen molar-refractivity contribution in [2.24, 2.45) is 5.73 Å². The topological polar surface area (TPSA) is 46.3 Å². The van der Waals surface area contributed by atoms with Gasteiger partial charge in [-0.1, -0.05) is 6.07 Å². The van der Waals surface area contributed by atoms with Crippen LogP contribution in [0.25, 0.3) is 0 Å². The van der Waals surface area contributed by atoms with Crippen molar-refractivity contribution in [3.63, 3.8) is 0 Å². The average Bonchev–Trinajstić information content (AvgIpc) is 2.17. The molecule has 0 aliphatic rings. The van der Waals surface area contributed by atoms with Crippen LogP contribution >= 0.6 is 0 Å². The average molecular weight is 220 g/mol. The second-order valence-corrected chi connectivity index (χ2v) is 4.02. The molecule has 3 heteroatoms. The third-order valence-corrected chi connectivity index (χ3v) is 2.49. The lowest BCUT2D eigenvalue weighted by molar-refractivity contribution is -0.118. The summed E-state index contributed by atoms with van der Waals surface area (Å²) in [5.74, 6) is 0.0926. The van der Waals surface area contributed by atoms with Gasteiger partial charge in [0.2, 0.25) is 5.91 Å². The van der Waals surface area contributed by atoms with Gasteiger partial charge in [-0.2, -0.15) is 0 Å². The van der Waals surface area contributed by atoms with E-state index in [0.29, 0.717) is 19.5 Å². The Bertz CT molecular complexity index is 354. The number of aryl methyl sites for hydroxylation is 2. The van der Waals surface area contributed by atoms with Crippen LogP contribution in [0.5, 0.6) is 0 Å². The number of nitrogens with zero attached hydrogens (tertiary/aromatic N) is 1. The molecule has 1 amide bonds. The highest BCUT2D eigenvalue weighted by molar-refractivity contribution is 5.93. The molecule has 0 bridgehead atoms. The van der Waals surface area contributed by atoms with Crippen molar-refractivity contribution in [3.8, 4) is 0 Å². The van der Waals surface area contributed by atoms with Crippen LogP contribution in [0.3, 0.4) is 0 Å². The van der Waals surface area contributed by atoms with Crippen LogP contribution in [0.4, 0.5) is 5.69 Å². The van der Waals surface area contributed by atoms with E-state index in [4.69, 9.17) is 5.73 Å². The van der Waals surface area contributed by atoms with E-state index < -0.39 is 0 Å². The molecule has 0 saturated heterocycles. The maximum absolute atomic E-state index is 11.8. The van der Waals surface area contributed by atoms with Crippen molar-refractivity contribution in [2.45, 2.75) is 27.2 Å². The van der Waals surface area contributed by atoms with E-state index in [1.165, 1.54) is 11.1 Å². The fraction of sp³-hybridized carbons (Fsp3) is 0.462. The standard InChI is InChI=1S/C13H20N2O/c1-4-15(13(16)5-6-14)12-8-10(2)7-11(3)9-12/h7-9H,4-6,14H2,1-3H3. The number of carbonyl (C=O) groups is 1. The van der Waals surface area contributed by atoms with Crippen LogP contribution in [-0.2, 0) is 4.79 Å². The summed E-state index contributed by atoms with van der Waals surface area (Å²) < 4.78 is 0. The highest BCUT2D eigenvalue weighted by Crippen LogP contribution is 2.19. The van der Waals surface area contributed by atoms with Gasteiger partial charge in [0.1, 0.15) is 0 Å². The minimum absolute atomic E-state index is 0.0926. The van der Waals surface area contributed by atoms with E-state index in [1.807, 2.05) is 32.9 Å². The molecule has 0 aromatic heterocycles. The summed E-state index contributed by atoms with van der Waals surface area (Å²) >= 11 is 0. The molecule has 0 aliphatic heterocycles. The zero-order valence-electron chi connectivity index (χ0n) is 10.3. The van der Waals surface area contributed by atoms with Crippen molar-refractivity contribution in [2.75, 3.05) is 18.0 Å². The van der Waals surface area contributed by atoms with Gasteiger partial charge < -0.3 is 10.6 Å². The van der Waals surface area contributed by atoms with E-state index in [0.717, 1.165) is 5.69 Å². The molecule has 1 rings (SSSR count). The molecule has 0 fully saturated rings. The molecular formula is C13H20N2O. The van der Waals surface area contributed by atoms with Crippen LogP contribution in [0.2, 0.25) is 0 Å². The van der Waals surface area contributed by atoms with Gasteiger partial charge in [0.25, 0.3) is 0 Å². The Morgan fingerprint density at radius 3 is 2.25 bits per heavy atom. The summed E-state index contributed by atoms with van der Waals surface area (Å²) in [7, 11) is 0. The molecule has 16 heavy (non-hydrogen) atoms. The van der Waals surface area contributed by atoms with Crippen molar-refractivity contribution < 1.29 is 4.79 Å². The number of rotatable bonds is 4. The van der Waals surface area contributed by atoms with Gasteiger partial charge in [-0.15, -0.1) is 0 Å². The quantitative estimate of drug-likeness (QED) is 0.843. The third kappa shape index (κ3) is 3.07. The molecule has 1 aromatic carbocycles. The van der Waals surface area contributed by atoms with Crippen molar-refractivity contribution in [3.05, 3.63) is 29.3 Å². The second-order valence-electron chi connectivity index (χ2n) is 4.02. The van der Waals surface area contributed by atoms with Crippen molar-refractivity contribution in [1.82, 2.24) is 0 Å². The number of benzene rings is 1. The lowest BCUT2D eigenvalue weighted by Gasteiger charge is -2.21. The maximum atomic E-state index is 11.8. The third-order valence-electron chi connectivity index (χ3n) is 2.49. The number of carbonyl (C=O) groups excluding carboxylic acids is 1. The number of hydrogen-bond donors (Lipinski definition) is 1. The Labute approximate surface area is 97.2 Å². The Morgan fingerprint density at radius 2 is 1.81 bits per heavy atom. The van der Waals surface area contributed by atoms with Crippen molar-refractivity contribution >= 4 is 11.6 Å². The van der Waals surface area contributed by atoms with Crippen LogP contribution in [0.1, 0.15) is 24.5 Å². The van der Waals surface area contributed by atoms with Gasteiger partial charge in [-0.25, -0.2) is 0 Å². The first-order chi connectivity index (χ1) is 7.58. The van der Waals surface area contributed by atoms with E-state index in [-0.39, 0.29) is 5.91 Å². The molecule has 1 aromatic rings. The summed E-state index contributed by atoms with van der Waals surface area (Å²) in [6, 6.07) is 6.17. The molecular weight excluding hydrogens is 200 g/mol. The normalized spacial score (nSPS) is 10.2. The number of hydrogen-bond acceptors (Lipinski definition) is 2. The van der Waals surface area contributed by atoms with Gasteiger partial charge >= 0.3 is 0 Å². The minimum Gasteiger partial charge on any atom is -0.330 e. The zero-order chi connectivity index (χ0) is 12.1. The fourth-order valence-corrected chi connectivity index (χ4v) is 1.87. The lowest BCUT2D eigenvalue weighted by atomic mass is 10.1. The Hall–Kier alpha value is -1.35. The SMILES string of the molecule is CCN(C(=O)CCN)c1cc(C)cc(C)c1. The first-order valence-electron chi connectivity index (χ1n) is 5.67. The summed E-state index contributed by atoms with van der Waals surface area (Å²) in [5.41, 5.74) is 8.73. The van der Waals surface area contributed by atoms with Crippen LogP contribution in [0.15, 0.2) is 18.2 Å². The molecule has 0 radical (unpaired) electrons. The lowest BCUT2D eigenvalue weighted by Crippen LogP contribution is -2.32. The van der Waals surface area contributed by atoms with E-state index >= 15 is 0 Å². The molecule has 3 nitrogen and oxygen atoms in total. The molecule has 0 unspecified atom stereocenters. The molecule has 0 saturated carbocycles. The number of anilines is 1. The number of amides is 1. The minimum atomic E-state index is 0.0926. The van der Waals surface area contributed by atoms with E-state index in [2.05, 4.69) is 6.07 Å². The predicted octanol–water partition coefficient (Wildman–Crippen LogP) is 2.01. The first kappa shape index (κ1) is 12.7. The van der Waals surface area contributed by atoms with Crippen molar-refractivity contribution in [1.29, 1.82) is 0 Å². The van der Waals surface area contributed by atoms with Gasteiger partial charge in [0.15, 0.2) is 0 Å². The van der Waals surface area contributed by atoms with Crippen LogP contribution in [0, 0.1) is 13.8 Å². The highest BCUT2D eigenvalue weighted by Gasteiger charge is 2.13. The van der Waals surface area contributed by atoms with Gasteiger partial charge in [-0.05, 0) is 44.0 Å². The summed E-state index contributed by atoms with van der Waals surface area (Å²) in [6.07, 6.45) is 0.404. The monoisotopic (exact) mass is 220 g/mol. The Balaban J connectivity index is 2.98.